The number of rotatable bonds is 3. The smallest absolute Gasteiger partial charge is 0.147 e. The molecule has 1 spiro atoms. The molecule has 5 rings (SSSR count). The molecule has 0 amide bonds. The van der Waals surface area contributed by atoms with Gasteiger partial charge in [0.1, 0.15) is 5.82 Å². The van der Waals surface area contributed by atoms with Crippen molar-refractivity contribution in [2.24, 2.45) is 0 Å². The summed E-state index contributed by atoms with van der Waals surface area (Å²) < 4.78 is 0. The molecule has 1 fully saturated rings. The van der Waals surface area contributed by atoms with Gasteiger partial charge in [0.15, 0.2) is 0 Å². The minimum atomic E-state index is 0.218. The summed E-state index contributed by atoms with van der Waals surface area (Å²) in [6.45, 7) is 5.12. The summed E-state index contributed by atoms with van der Waals surface area (Å²) in [5.74, 6) is 0.994. The van der Waals surface area contributed by atoms with Gasteiger partial charge in [0.25, 0.3) is 0 Å². The minimum Gasteiger partial charge on any atom is -0.355 e. The zero-order valence-electron chi connectivity index (χ0n) is 16.0. The maximum Gasteiger partial charge on any atom is 0.147 e. The Balaban J connectivity index is 1.40. The van der Waals surface area contributed by atoms with Gasteiger partial charge in [0.2, 0.25) is 0 Å². The summed E-state index contributed by atoms with van der Waals surface area (Å²) >= 11 is 0. The molecule has 28 heavy (non-hydrogen) atoms. The van der Waals surface area contributed by atoms with E-state index in [0.717, 1.165) is 51.4 Å². The average Bonchev–Trinajstić information content (AvgIpc) is 2.76. The van der Waals surface area contributed by atoms with Crippen LogP contribution in [-0.4, -0.2) is 39.5 Å². The summed E-state index contributed by atoms with van der Waals surface area (Å²) in [5, 5.41) is 0. The van der Waals surface area contributed by atoms with Gasteiger partial charge in [-0.2, -0.15) is 0 Å². The van der Waals surface area contributed by atoms with Crippen molar-refractivity contribution in [2.75, 3.05) is 24.5 Å². The van der Waals surface area contributed by atoms with E-state index >= 15 is 0 Å². The Labute approximate surface area is 166 Å². The standard InChI is InChI=1S/C23H25N5/c1-2-6-21-20(5-1)17-27(16-19-4-3-9-24-14-19)18-23(21)7-12-28(13-8-23)22-15-25-10-11-26-22/h1-6,9-11,14-15H,7-8,12-13,16-18H2. The zero-order valence-corrected chi connectivity index (χ0v) is 16.0. The highest BCUT2D eigenvalue weighted by atomic mass is 15.2. The number of aromatic nitrogens is 3. The monoisotopic (exact) mass is 371 g/mol. The lowest BCUT2D eigenvalue weighted by molar-refractivity contribution is 0.146. The minimum absolute atomic E-state index is 0.218. The molecule has 142 valence electrons. The van der Waals surface area contributed by atoms with Crippen LogP contribution in [0.3, 0.4) is 0 Å². The van der Waals surface area contributed by atoms with Crippen LogP contribution >= 0.6 is 0 Å². The van der Waals surface area contributed by atoms with Crippen molar-refractivity contribution in [1.82, 2.24) is 19.9 Å². The summed E-state index contributed by atoms with van der Waals surface area (Å²) in [7, 11) is 0. The first-order chi connectivity index (χ1) is 13.8. The molecule has 2 aliphatic heterocycles. The Morgan fingerprint density at radius 2 is 1.75 bits per heavy atom. The number of fused-ring (bicyclic) bond motifs is 2. The van der Waals surface area contributed by atoms with Gasteiger partial charge >= 0.3 is 0 Å². The van der Waals surface area contributed by atoms with Crippen molar-refractivity contribution >= 4 is 5.82 Å². The van der Waals surface area contributed by atoms with Gasteiger partial charge in [-0.05, 0) is 35.6 Å². The van der Waals surface area contributed by atoms with E-state index in [4.69, 9.17) is 0 Å². The molecule has 0 saturated carbocycles. The molecule has 0 aliphatic carbocycles. The maximum atomic E-state index is 4.50. The molecule has 2 aliphatic rings. The van der Waals surface area contributed by atoms with Gasteiger partial charge in [0.05, 0.1) is 6.20 Å². The summed E-state index contributed by atoms with van der Waals surface area (Å²) in [6.07, 6.45) is 11.5. The van der Waals surface area contributed by atoms with Crippen molar-refractivity contribution in [3.05, 3.63) is 84.1 Å². The van der Waals surface area contributed by atoms with E-state index in [2.05, 4.69) is 55.1 Å². The quantitative estimate of drug-likeness (QED) is 0.706. The Morgan fingerprint density at radius 1 is 0.893 bits per heavy atom. The van der Waals surface area contributed by atoms with E-state index in [-0.39, 0.29) is 5.41 Å². The van der Waals surface area contributed by atoms with E-state index < -0.39 is 0 Å². The Morgan fingerprint density at radius 3 is 2.54 bits per heavy atom. The van der Waals surface area contributed by atoms with Crippen LogP contribution in [0.25, 0.3) is 0 Å². The molecule has 5 nitrogen and oxygen atoms in total. The van der Waals surface area contributed by atoms with Crippen molar-refractivity contribution < 1.29 is 0 Å². The summed E-state index contributed by atoms with van der Waals surface area (Å²) in [5.41, 5.74) is 4.53. The van der Waals surface area contributed by atoms with Crippen LogP contribution in [0, 0.1) is 0 Å². The molecule has 5 heteroatoms. The zero-order chi connectivity index (χ0) is 18.8. The third-order valence-electron chi connectivity index (χ3n) is 6.23. The van der Waals surface area contributed by atoms with E-state index in [1.54, 1.807) is 18.0 Å². The second-order valence-corrected chi connectivity index (χ2v) is 7.99. The normalized spacial score (nSPS) is 18.8. The number of hydrogen-bond acceptors (Lipinski definition) is 5. The lowest BCUT2D eigenvalue weighted by atomic mass is 9.69. The van der Waals surface area contributed by atoms with E-state index in [1.807, 2.05) is 24.7 Å². The number of nitrogens with zero attached hydrogens (tertiary/aromatic N) is 5. The predicted molar refractivity (Wildman–Crippen MR) is 110 cm³/mol. The fourth-order valence-electron chi connectivity index (χ4n) is 4.89. The third kappa shape index (κ3) is 3.27. The topological polar surface area (TPSA) is 45.2 Å². The Bertz CT molecular complexity index is 920. The first kappa shape index (κ1) is 17.3. The second-order valence-electron chi connectivity index (χ2n) is 7.99. The fourth-order valence-corrected chi connectivity index (χ4v) is 4.89. The highest BCUT2D eigenvalue weighted by Gasteiger charge is 2.42. The molecule has 1 saturated heterocycles. The van der Waals surface area contributed by atoms with Crippen LogP contribution in [0.15, 0.2) is 67.4 Å². The molecule has 1 aromatic carbocycles. The highest BCUT2D eigenvalue weighted by Crippen LogP contribution is 2.42. The first-order valence-electron chi connectivity index (χ1n) is 10.0. The van der Waals surface area contributed by atoms with Crippen molar-refractivity contribution in [1.29, 1.82) is 0 Å². The van der Waals surface area contributed by atoms with Crippen LogP contribution in [0.5, 0.6) is 0 Å². The molecular formula is C23H25N5. The van der Waals surface area contributed by atoms with Crippen molar-refractivity contribution in [2.45, 2.75) is 31.3 Å². The van der Waals surface area contributed by atoms with E-state index in [1.165, 1.54) is 11.1 Å². The summed E-state index contributed by atoms with van der Waals surface area (Å²) in [6, 6.07) is 13.2. The van der Waals surface area contributed by atoms with Crippen molar-refractivity contribution in [3.63, 3.8) is 0 Å². The fraction of sp³-hybridized carbons (Fsp3) is 0.348. The molecule has 2 aromatic heterocycles. The summed E-state index contributed by atoms with van der Waals surface area (Å²) in [4.78, 5) is 18.0. The van der Waals surface area contributed by atoms with Gasteiger partial charge < -0.3 is 4.90 Å². The number of benzene rings is 1. The lowest BCUT2D eigenvalue weighted by Crippen LogP contribution is -2.52. The highest BCUT2D eigenvalue weighted by molar-refractivity contribution is 5.42. The van der Waals surface area contributed by atoms with Crippen LogP contribution in [0.2, 0.25) is 0 Å². The van der Waals surface area contributed by atoms with Crippen LogP contribution in [0.4, 0.5) is 5.82 Å². The molecule has 0 bridgehead atoms. The Hall–Kier alpha value is -2.79. The molecular weight excluding hydrogens is 346 g/mol. The largest absolute Gasteiger partial charge is 0.355 e. The van der Waals surface area contributed by atoms with Gasteiger partial charge in [-0.25, -0.2) is 4.98 Å². The molecule has 0 atom stereocenters. The molecule has 0 radical (unpaired) electrons. The SMILES string of the molecule is c1cncc(CN2Cc3ccccc3C3(CCN(c4cnccn4)CC3)C2)c1. The second kappa shape index (κ2) is 7.32. The number of pyridine rings is 1. The van der Waals surface area contributed by atoms with E-state index in [9.17, 15) is 0 Å². The average molecular weight is 371 g/mol. The van der Waals surface area contributed by atoms with Gasteiger partial charge in [0, 0.05) is 62.9 Å². The van der Waals surface area contributed by atoms with Crippen LogP contribution in [0.1, 0.15) is 29.5 Å². The molecule has 3 aromatic rings. The first-order valence-corrected chi connectivity index (χ1v) is 10.0. The Kier molecular flexibility index (Phi) is 4.53. The lowest BCUT2D eigenvalue weighted by Gasteiger charge is -2.49. The van der Waals surface area contributed by atoms with Crippen LogP contribution in [-0.2, 0) is 18.5 Å². The number of anilines is 1. The third-order valence-corrected chi connectivity index (χ3v) is 6.23. The van der Waals surface area contributed by atoms with Crippen LogP contribution < -0.4 is 4.90 Å². The molecule has 0 N–H and O–H groups in total. The molecule has 4 heterocycles. The van der Waals surface area contributed by atoms with Gasteiger partial charge in [-0.3, -0.25) is 14.9 Å². The molecule has 0 unspecified atom stereocenters. The van der Waals surface area contributed by atoms with Crippen molar-refractivity contribution in [3.8, 4) is 0 Å². The maximum absolute atomic E-state index is 4.50. The number of piperidine rings is 1. The van der Waals surface area contributed by atoms with Gasteiger partial charge in [-0.15, -0.1) is 0 Å². The predicted octanol–water partition coefficient (Wildman–Crippen LogP) is 3.43. The number of hydrogen-bond donors (Lipinski definition) is 0. The van der Waals surface area contributed by atoms with E-state index in [0.29, 0.717) is 0 Å². The van der Waals surface area contributed by atoms with Gasteiger partial charge in [-0.1, -0.05) is 30.3 Å².